The lowest BCUT2D eigenvalue weighted by Gasteiger charge is -2.29. The Morgan fingerprint density at radius 1 is 1.10 bits per heavy atom. The first kappa shape index (κ1) is 15.5. The second kappa shape index (κ2) is 6.27. The van der Waals surface area contributed by atoms with E-state index in [1.807, 2.05) is 51.1 Å². The first-order chi connectivity index (χ1) is 9.95. The van der Waals surface area contributed by atoms with Crippen molar-refractivity contribution in [3.05, 3.63) is 65.5 Å². The fourth-order valence-electron chi connectivity index (χ4n) is 2.44. The SMILES string of the molecule is CCC(N)(c1ccc(OC(C)C)cc1)c1cccc(F)c1. The minimum absolute atomic E-state index is 0.132. The number of benzene rings is 2. The second-order valence-electron chi connectivity index (χ2n) is 5.53. The Hall–Kier alpha value is -1.87. The van der Waals surface area contributed by atoms with Crippen LogP contribution in [0.2, 0.25) is 0 Å². The maximum absolute atomic E-state index is 13.5. The summed E-state index contributed by atoms with van der Waals surface area (Å²) < 4.78 is 19.1. The van der Waals surface area contributed by atoms with Gasteiger partial charge in [-0.15, -0.1) is 0 Å². The Bertz CT molecular complexity index is 594. The summed E-state index contributed by atoms with van der Waals surface area (Å²) in [5.41, 5.74) is 7.59. The van der Waals surface area contributed by atoms with Gasteiger partial charge in [-0.2, -0.15) is 0 Å². The highest BCUT2D eigenvalue weighted by molar-refractivity contribution is 5.40. The molecule has 0 heterocycles. The zero-order valence-corrected chi connectivity index (χ0v) is 12.8. The van der Waals surface area contributed by atoms with Crippen LogP contribution in [0.5, 0.6) is 5.75 Å². The zero-order valence-electron chi connectivity index (χ0n) is 12.8. The molecule has 1 atom stereocenters. The molecule has 3 heteroatoms. The first-order valence-corrected chi connectivity index (χ1v) is 7.28. The summed E-state index contributed by atoms with van der Waals surface area (Å²) in [7, 11) is 0. The summed E-state index contributed by atoms with van der Waals surface area (Å²) in [6.45, 7) is 5.98. The predicted molar refractivity (Wildman–Crippen MR) is 83.9 cm³/mol. The van der Waals surface area contributed by atoms with Gasteiger partial charge in [0, 0.05) is 0 Å². The van der Waals surface area contributed by atoms with Crippen LogP contribution >= 0.6 is 0 Å². The summed E-state index contributed by atoms with van der Waals surface area (Å²) in [6.07, 6.45) is 0.814. The molecule has 0 bridgehead atoms. The van der Waals surface area contributed by atoms with Crippen molar-refractivity contribution in [3.8, 4) is 5.75 Å². The highest BCUT2D eigenvalue weighted by Crippen LogP contribution is 2.31. The van der Waals surface area contributed by atoms with E-state index in [1.165, 1.54) is 12.1 Å². The van der Waals surface area contributed by atoms with Crippen LogP contribution in [0.1, 0.15) is 38.3 Å². The molecule has 0 spiro atoms. The van der Waals surface area contributed by atoms with Crippen molar-refractivity contribution < 1.29 is 9.13 Å². The third-order valence-electron chi connectivity index (χ3n) is 3.64. The molecule has 0 saturated heterocycles. The number of ether oxygens (including phenoxy) is 1. The van der Waals surface area contributed by atoms with Gasteiger partial charge < -0.3 is 10.5 Å². The van der Waals surface area contributed by atoms with E-state index in [2.05, 4.69) is 0 Å². The zero-order chi connectivity index (χ0) is 15.5. The fraction of sp³-hybridized carbons (Fsp3) is 0.333. The molecule has 0 aromatic heterocycles. The highest BCUT2D eigenvalue weighted by atomic mass is 19.1. The van der Waals surface area contributed by atoms with Crippen molar-refractivity contribution in [2.45, 2.75) is 38.8 Å². The first-order valence-electron chi connectivity index (χ1n) is 7.28. The summed E-state index contributed by atoms with van der Waals surface area (Å²) in [4.78, 5) is 0. The van der Waals surface area contributed by atoms with Crippen LogP contribution in [0.25, 0.3) is 0 Å². The third-order valence-corrected chi connectivity index (χ3v) is 3.64. The van der Waals surface area contributed by atoms with Crippen LogP contribution in [0, 0.1) is 5.82 Å². The number of halogens is 1. The lowest BCUT2D eigenvalue weighted by molar-refractivity contribution is 0.242. The monoisotopic (exact) mass is 287 g/mol. The summed E-state index contributed by atoms with van der Waals surface area (Å²) in [6, 6.07) is 14.2. The smallest absolute Gasteiger partial charge is 0.123 e. The van der Waals surface area contributed by atoms with Crippen LogP contribution in [-0.4, -0.2) is 6.10 Å². The number of hydrogen-bond acceptors (Lipinski definition) is 2. The van der Waals surface area contributed by atoms with Crippen molar-refractivity contribution >= 4 is 0 Å². The number of rotatable bonds is 5. The summed E-state index contributed by atoms with van der Waals surface area (Å²) >= 11 is 0. The molecule has 0 radical (unpaired) electrons. The van der Waals surface area contributed by atoms with Gasteiger partial charge >= 0.3 is 0 Å². The van der Waals surface area contributed by atoms with Crippen molar-refractivity contribution in [2.75, 3.05) is 0 Å². The van der Waals surface area contributed by atoms with Gasteiger partial charge in [0.05, 0.1) is 11.6 Å². The van der Waals surface area contributed by atoms with E-state index >= 15 is 0 Å². The minimum atomic E-state index is -0.696. The molecule has 2 nitrogen and oxygen atoms in total. The largest absolute Gasteiger partial charge is 0.491 e. The molecule has 2 N–H and O–H groups in total. The minimum Gasteiger partial charge on any atom is -0.491 e. The van der Waals surface area contributed by atoms with Gasteiger partial charge in [-0.25, -0.2) is 4.39 Å². The van der Waals surface area contributed by atoms with Crippen molar-refractivity contribution in [1.29, 1.82) is 0 Å². The predicted octanol–water partition coefficient (Wildman–Crippen LogP) is 4.23. The lowest BCUT2D eigenvalue weighted by atomic mass is 9.81. The molecule has 0 saturated carbocycles. The lowest BCUT2D eigenvalue weighted by Crippen LogP contribution is -2.37. The average Bonchev–Trinajstić information content (AvgIpc) is 2.46. The fourth-order valence-corrected chi connectivity index (χ4v) is 2.44. The second-order valence-corrected chi connectivity index (χ2v) is 5.53. The molecule has 0 amide bonds. The van der Waals surface area contributed by atoms with Gasteiger partial charge in [0.2, 0.25) is 0 Å². The molecule has 1 unspecified atom stereocenters. The molecular weight excluding hydrogens is 265 g/mol. The van der Waals surface area contributed by atoms with Gasteiger partial charge in [-0.05, 0) is 55.7 Å². The van der Waals surface area contributed by atoms with Crippen molar-refractivity contribution in [1.82, 2.24) is 0 Å². The summed E-state index contributed by atoms with van der Waals surface area (Å²) in [5, 5.41) is 0. The van der Waals surface area contributed by atoms with Crippen LogP contribution in [0.3, 0.4) is 0 Å². The van der Waals surface area contributed by atoms with Gasteiger partial charge in [0.15, 0.2) is 0 Å². The normalized spacial score (nSPS) is 14.0. The van der Waals surface area contributed by atoms with E-state index in [0.29, 0.717) is 6.42 Å². The van der Waals surface area contributed by atoms with Gasteiger partial charge in [-0.3, -0.25) is 0 Å². The molecule has 0 fully saturated rings. The van der Waals surface area contributed by atoms with Crippen molar-refractivity contribution in [2.24, 2.45) is 5.73 Å². The van der Waals surface area contributed by atoms with Crippen LogP contribution in [-0.2, 0) is 5.54 Å². The Labute approximate surface area is 125 Å². The Balaban J connectivity index is 2.36. The highest BCUT2D eigenvalue weighted by Gasteiger charge is 2.27. The molecule has 2 aromatic carbocycles. The van der Waals surface area contributed by atoms with Gasteiger partial charge in [-0.1, -0.05) is 31.2 Å². The Morgan fingerprint density at radius 3 is 2.29 bits per heavy atom. The van der Waals surface area contributed by atoms with E-state index in [4.69, 9.17) is 10.5 Å². The maximum Gasteiger partial charge on any atom is 0.123 e. The van der Waals surface area contributed by atoms with E-state index < -0.39 is 5.54 Å². The van der Waals surface area contributed by atoms with E-state index in [-0.39, 0.29) is 11.9 Å². The Morgan fingerprint density at radius 2 is 1.76 bits per heavy atom. The quantitative estimate of drug-likeness (QED) is 0.893. The van der Waals surface area contributed by atoms with Crippen LogP contribution < -0.4 is 10.5 Å². The molecule has 0 aliphatic carbocycles. The van der Waals surface area contributed by atoms with E-state index in [9.17, 15) is 4.39 Å². The van der Waals surface area contributed by atoms with E-state index in [0.717, 1.165) is 16.9 Å². The molecule has 0 aliphatic heterocycles. The summed E-state index contributed by atoms with van der Waals surface area (Å²) in [5.74, 6) is 0.544. The van der Waals surface area contributed by atoms with Gasteiger partial charge in [0.1, 0.15) is 11.6 Å². The molecule has 0 aliphatic rings. The average molecular weight is 287 g/mol. The topological polar surface area (TPSA) is 35.2 Å². The van der Waals surface area contributed by atoms with Crippen molar-refractivity contribution in [3.63, 3.8) is 0 Å². The van der Waals surface area contributed by atoms with E-state index in [1.54, 1.807) is 6.07 Å². The third kappa shape index (κ3) is 3.42. The molecule has 2 rings (SSSR count). The Kier molecular flexibility index (Phi) is 4.63. The van der Waals surface area contributed by atoms with Crippen LogP contribution in [0.4, 0.5) is 4.39 Å². The van der Waals surface area contributed by atoms with Gasteiger partial charge in [0.25, 0.3) is 0 Å². The molecule has 2 aromatic rings. The number of nitrogens with two attached hydrogens (primary N) is 1. The van der Waals surface area contributed by atoms with Crippen LogP contribution in [0.15, 0.2) is 48.5 Å². The number of hydrogen-bond donors (Lipinski definition) is 1. The molecule has 21 heavy (non-hydrogen) atoms. The molecule has 112 valence electrons. The standard InChI is InChI=1S/C18H22FNO/c1-4-18(20,15-6-5-7-16(19)12-15)14-8-10-17(11-9-14)21-13(2)3/h5-13H,4,20H2,1-3H3. The molecular formula is C18H22FNO. The maximum atomic E-state index is 13.5.